The predicted molar refractivity (Wildman–Crippen MR) is 47.3 cm³/mol. The van der Waals surface area contributed by atoms with E-state index < -0.39 is 17.0 Å². The van der Waals surface area contributed by atoms with Crippen molar-refractivity contribution >= 4 is 32.7 Å². The van der Waals surface area contributed by atoms with E-state index in [9.17, 15) is 9.26 Å². The van der Waals surface area contributed by atoms with Gasteiger partial charge in [-0.05, 0) is 5.19 Å². The second-order valence-corrected chi connectivity index (χ2v) is 7.75. The van der Waals surface area contributed by atoms with Gasteiger partial charge in [-0.15, -0.1) is 0 Å². The van der Waals surface area contributed by atoms with E-state index in [0.29, 0.717) is 5.19 Å². The summed E-state index contributed by atoms with van der Waals surface area (Å²) in [4.78, 5) is 9.67. The highest BCUT2D eigenvalue weighted by atomic mass is 29.2. The molecule has 1 unspecified atom stereocenters. The molecule has 0 fully saturated rings. The SMILES string of the molecule is O=[Si][Si](O)(O[Si])c1ccccc1. The minimum absolute atomic E-state index is 0.591. The van der Waals surface area contributed by atoms with Gasteiger partial charge in [0.25, 0.3) is 0 Å². The molecule has 1 aromatic carbocycles. The Kier molecular flexibility index (Phi) is 3.23. The van der Waals surface area contributed by atoms with Crippen molar-refractivity contribution in [2.45, 2.75) is 0 Å². The minimum atomic E-state index is -3.19. The molecule has 12 heavy (non-hydrogen) atoms. The van der Waals surface area contributed by atoms with Gasteiger partial charge in [0.15, 0.2) is 0 Å². The maximum Gasteiger partial charge on any atom is 0.408 e. The summed E-state index contributed by atoms with van der Waals surface area (Å²) in [6.45, 7) is 0. The molecule has 0 saturated heterocycles. The summed E-state index contributed by atoms with van der Waals surface area (Å²) in [5, 5.41) is 0.591. The molecule has 1 rings (SSSR count). The van der Waals surface area contributed by atoms with Crippen molar-refractivity contribution in [3.63, 3.8) is 0 Å². The Morgan fingerprint density at radius 1 is 1.42 bits per heavy atom. The molecule has 1 atom stereocenters. The third kappa shape index (κ3) is 1.84. The highest BCUT2D eigenvalue weighted by molar-refractivity contribution is 7.19. The van der Waals surface area contributed by atoms with Gasteiger partial charge in [0.2, 0.25) is 10.5 Å². The Hall–Kier alpha value is -0.409. The van der Waals surface area contributed by atoms with E-state index in [1.165, 1.54) is 0 Å². The fraction of sp³-hybridized carbons (Fsp3) is 0. The van der Waals surface area contributed by atoms with Crippen molar-refractivity contribution in [2.24, 2.45) is 0 Å². The monoisotopic (exact) mass is 210 g/mol. The van der Waals surface area contributed by atoms with E-state index >= 15 is 0 Å². The molecule has 3 nitrogen and oxygen atoms in total. The number of benzene rings is 1. The van der Waals surface area contributed by atoms with Gasteiger partial charge in [-0.2, -0.15) is 0 Å². The van der Waals surface area contributed by atoms with Crippen LogP contribution in [-0.4, -0.2) is 32.3 Å². The van der Waals surface area contributed by atoms with E-state index in [2.05, 4.69) is 14.6 Å². The minimum Gasteiger partial charge on any atom is -0.431 e. The summed E-state index contributed by atoms with van der Waals surface area (Å²) in [6, 6.07) is 8.73. The maximum absolute atomic E-state index is 10.7. The Morgan fingerprint density at radius 3 is 2.42 bits per heavy atom. The van der Waals surface area contributed by atoms with Gasteiger partial charge in [0, 0.05) is 0 Å². The highest BCUT2D eigenvalue weighted by Gasteiger charge is 2.35. The zero-order chi connectivity index (χ0) is 9.03. The zero-order valence-electron chi connectivity index (χ0n) is 6.15. The van der Waals surface area contributed by atoms with Gasteiger partial charge < -0.3 is 13.4 Å². The molecular formula is C6H6O3Si3. The van der Waals surface area contributed by atoms with Gasteiger partial charge in [-0.25, -0.2) is 0 Å². The lowest BCUT2D eigenvalue weighted by atomic mass is 10.4. The smallest absolute Gasteiger partial charge is 0.408 e. The van der Waals surface area contributed by atoms with Crippen LogP contribution in [0.15, 0.2) is 30.3 Å². The Bertz CT molecular complexity index is 266. The van der Waals surface area contributed by atoms with Gasteiger partial charge >= 0.3 is 17.0 Å². The van der Waals surface area contributed by atoms with E-state index in [-0.39, 0.29) is 0 Å². The Balaban J connectivity index is 3.03. The molecule has 0 aliphatic rings. The number of hydrogen-bond acceptors (Lipinski definition) is 3. The first kappa shape index (κ1) is 9.68. The second-order valence-electron chi connectivity index (χ2n) is 2.21. The fourth-order valence-corrected chi connectivity index (χ4v) is 3.43. The quantitative estimate of drug-likeness (QED) is 0.649. The van der Waals surface area contributed by atoms with Crippen LogP contribution < -0.4 is 5.19 Å². The van der Waals surface area contributed by atoms with Gasteiger partial charge in [-0.1, -0.05) is 30.3 Å². The number of rotatable bonds is 3. The van der Waals surface area contributed by atoms with Crippen molar-refractivity contribution in [2.75, 3.05) is 0 Å². The molecule has 0 saturated carbocycles. The summed E-state index contributed by atoms with van der Waals surface area (Å²) in [5.74, 6) is 0. The summed E-state index contributed by atoms with van der Waals surface area (Å²) >= 11 is 0. The molecule has 6 heteroatoms. The molecule has 0 aromatic heterocycles. The van der Waals surface area contributed by atoms with Crippen LogP contribution in [0.1, 0.15) is 0 Å². The first-order valence-electron chi connectivity index (χ1n) is 3.25. The molecule has 0 aliphatic heterocycles. The van der Waals surface area contributed by atoms with Crippen LogP contribution in [0.25, 0.3) is 0 Å². The standard InChI is InChI=1S/C6H6O3Si3/c7-11-12(8,9-10)6-4-2-1-3-5-6/h1-5,8H. The molecule has 1 N–H and O–H groups in total. The molecule has 0 heterocycles. The maximum atomic E-state index is 10.7. The summed E-state index contributed by atoms with van der Waals surface area (Å²) in [5.41, 5.74) is 0. The lowest BCUT2D eigenvalue weighted by molar-refractivity contribution is 0.433. The van der Waals surface area contributed by atoms with Crippen molar-refractivity contribution < 1.29 is 13.4 Å². The summed E-state index contributed by atoms with van der Waals surface area (Å²) < 4.78 is 15.3. The molecule has 0 aliphatic carbocycles. The van der Waals surface area contributed by atoms with Gasteiger partial charge in [0.05, 0.1) is 0 Å². The van der Waals surface area contributed by atoms with Crippen LogP contribution in [0.3, 0.4) is 0 Å². The van der Waals surface area contributed by atoms with Crippen molar-refractivity contribution in [3.8, 4) is 0 Å². The third-order valence-corrected chi connectivity index (χ3v) is 6.64. The van der Waals surface area contributed by atoms with E-state index in [1.54, 1.807) is 24.3 Å². The van der Waals surface area contributed by atoms with Crippen molar-refractivity contribution in [3.05, 3.63) is 30.3 Å². The van der Waals surface area contributed by atoms with Gasteiger partial charge in [-0.3, -0.25) is 0 Å². The normalized spacial score (nSPS) is 15.2. The number of hydrogen-bond donors (Lipinski definition) is 1. The van der Waals surface area contributed by atoms with Crippen LogP contribution in [-0.2, 0) is 8.58 Å². The third-order valence-electron chi connectivity index (χ3n) is 1.45. The highest BCUT2D eigenvalue weighted by Crippen LogP contribution is 1.95. The Labute approximate surface area is 76.9 Å². The van der Waals surface area contributed by atoms with Crippen molar-refractivity contribution in [1.82, 2.24) is 0 Å². The molecule has 4 radical (unpaired) electrons. The van der Waals surface area contributed by atoms with Crippen LogP contribution >= 0.6 is 0 Å². The average Bonchev–Trinajstić information content (AvgIpc) is 2.18. The lowest BCUT2D eigenvalue weighted by Gasteiger charge is -2.14. The van der Waals surface area contributed by atoms with E-state index in [0.717, 1.165) is 0 Å². The summed E-state index contributed by atoms with van der Waals surface area (Å²) in [6.07, 6.45) is 0. The molecule has 0 amide bonds. The van der Waals surface area contributed by atoms with Crippen molar-refractivity contribution in [1.29, 1.82) is 0 Å². The molecule has 60 valence electrons. The Morgan fingerprint density at radius 2 is 2.00 bits per heavy atom. The van der Waals surface area contributed by atoms with Gasteiger partial charge in [0.1, 0.15) is 0 Å². The average molecular weight is 210 g/mol. The molecule has 0 spiro atoms. The zero-order valence-corrected chi connectivity index (χ0v) is 9.15. The first-order chi connectivity index (χ1) is 5.73. The largest absolute Gasteiger partial charge is 0.431 e. The van der Waals surface area contributed by atoms with Crippen LogP contribution in [0.2, 0.25) is 0 Å². The van der Waals surface area contributed by atoms with E-state index in [4.69, 9.17) is 0 Å². The first-order valence-corrected chi connectivity index (χ1v) is 7.42. The summed E-state index contributed by atoms with van der Waals surface area (Å²) in [7, 11) is -1.30. The van der Waals surface area contributed by atoms with Crippen LogP contribution in [0.5, 0.6) is 0 Å². The predicted octanol–water partition coefficient (Wildman–Crippen LogP) is -1.03. The molecule has 0 bridgehead atoms. The lowest BCUT2D eigenvalue weighted by Crippen LogP contribution is -2.53. The molecular weight excluding hydrogens is 204 g/mol. The van der Waals surface area contributed by atoms with Crippen LogP contribution in [0, 0.1) is 0 Å². The molecule has 1 aromatic rings. The topological polar surface area (TPSA) is 46.5 Å². The van der Waals surface area contributed by atoms with E-state index in [1.807, 2.05) is 6.07 Å². The van der Waals surface area contributed by atoms with Crippen LogP contribution in [0.4, 0.5) is 0 Å². The second kappa shape index (κ2) is 4.01. The fourth-order valence-electron chi connectivity index (χ4n) is 0.803.